The van der Waals surface area contributed by atoms with E-state index in [-0.39, 0.29) is 11.4 Å². The number of carbonyl (C=O) groups excluding carboxylic acids is 2. The maximum Gasteiger partial charge on any atom is 0.417 e. The van der Waals surface area contributed by atoms with Gasteiger partial charge in [0.05, 0.1) is 21.2 Å². The minimum atomic E-state index is -4.87. The van der Waals surface area contributed by atoms with E-state index in [4.69, 9.17) is 11.6 Å². The van der Waals surface area contributed by atoms with Crippen LogP contribution in [-0.2, 0) is 32.3 Å². The molecule has 3 rings (SSSR count). The van der Waals surface area contributed by atoms with Crippen LogP contribution < -0.4 is 9.62 Å². The molecule has 0 saturated heterocycles. The van der Waals surface area contributed by atoms with Crippen molar-refractivity contribution >= 4 is 39.1 Å². The zero-order chi connectivity index (χ0) is 30.4. The largest absolute Gasteiger partial charge is 0.417 e. The summed E-state index contributed by atoms with van der Waals surface area (Å²) >= 11 is 5.79. The molecule has 0 aromatic heterocycles. The monoisotopic (exact) mass is 609 g/mol. The van der Waals surface area contributed by atoms with Gasteiger partial charge in [-0.3, -0.25) is 13.9 Å². The molecule has 0 saturated carbocycles. The predicted octanol–water partition coefficient (Wildman–Crippen LogP) is 5.81. The van der Waals surface area contributed by atoms with Crippen LogP contribution in [0.15, 0.2) is 77.7 Å². The number of benzene rings is 3. The highest BCUT2D eigenvalue weighted by atomic mass is 35.5. The predicted molar refractivity (Wildman–Crippen MR) is 152 cm³/mol. The van der Waals surface area contributed by atoms with Crippen molar-refractivity contribution < 1.29 is 31.2 Å². The molecule has 220 valence electrons. The highest BCUT2D eigenvalue weighted by Crippen LogP contribution is 2.38. The second-order valence-electron chi connectivity index (χ2n) is 9.46. The Morgan fingerprint density at radius 3 is 2.29 bits per heavy atom. The van der Waals surface area contributed by atoms with Crippen LogP contribution in [0.1, 0.15) is 37.0 Å². The van der Waals surface area contributed by atoms with Gasteiger partial charge in [-0.1, -0.05) is 66.6 Å². The number of carbonyl (C=O) groups is 2. The third kappa shape index (κ3) is 8.01. The number of hydrogen-bond acceptors (Lipinski definition) is 4. The van der Waals surface area contributed by atoms with Crippen LogP contribution >= 0.6 is 11.6 Å². The summed E-state index contributed by atoms with van der Waals surface area (Å²) in [5.41, 5.74) is -0.0530. The van der Waals surface area contributed by atoms with E-state index in [0.29, 0.717) is 28.9 Å². The Hall–Kier alpha value is -3.57. The number of anilines is 1. The fourth-order valence-corrected chi connectivity index (χ4v) is 5.77. The third-order valence-corrected chi connectivity index (χ3v) is 8.42. The molecule has 3 aromatic rings. The van der Waals surface area contributed by atoms with E-state index in [1.54, 1.807) is 18.2 Å². The van der Waals surface area contributed by atoms with Gasteiger partial charge in [-0.25, -0.2) is 8.42 Å². The first kappa shape index (κ1) is 32.0. The Bertz CT molecular complexity index is 1480. The molecular formula is C29H31ClF3N3O4S. The molecule has 7 nitrogen and oxygen atoms in total. The molecule has 0 heterocycles. The molecule has 0 spiro atoms. The van der Waals surface area contributed by atoms with E-state index in [2.05, 4.69) is 5.32 Å². The Balaban J connectivity index is 2.10. The van der Waals surface area contributed by atoms with Gasteiger partial charge >= 0.3 is 6.18 Å². The Morgan fingerprint density at radius 1 is 1.00 bits per heavy atom. The molecule has 3 aromatic carbocycles. The van der Waals surface area contributed by atoms with Crippen molar-refractivity contribution in [2.45, 2.75) is 50.9 Å². The van der Waals surface area contributed by atoms with Crippen molar-refractivity contribution in [2.24, 2.45) is 0 Å². The van der Waals surface area contributed by atoms with Crippen molar-refractivity contribution in [3.05, 3.63) is 94.5 Å². The Kier molecular flexibility index (Phi) is 10.4. The molecule has 12 heteroatoms. The fraction of sp³-hybridized carbons (Fsp3) is 0.310. The second-order valence-corrected chi connectivity index (χ2v) is 11.7. The number of nitrogens with zero attached hydrogens (tertiary/aromatic N) is 2. The lowest BCUT2D eigenvalue weighted by Crippen LogP contribution is -2.51. The zero-order valence-corrected chi connectivity index (χ0v) is 24.4. The maximum atomic E-state index is 13.9. The van der Waals surface area contributed by atoms with Gasteiger partial charge in [0.25, 0.3) is 10.0 Å². The summed E-state index contributed by atoms with van der Waals surface area (Å²) in [6, 6.07) is 15.9. The summed E-state index contributed by atoms with van der Waals surface area (Å²) in [4.78, 5) is 27.7. The summed E-state index contributed by atoms with van der Waals surface area (Å²) in [7, 11) is -4.52. The third-order valence-electron chi connectivity index (χ3n) is 6.31. The molecule has 41 heavy (non-hydrogen) atoms. The van der Waals surface area contributed by atoms with Crippen LogP contribution in [0.2, 0.25) is 5.02 Å². The normalized spacial score (nSPS) is 12.5. The van der Waals surface area contributed by atoms with Crippen molar-refractivity contribution in [2.75, 3.05) is 17.4 Å². The zero-order valence-electron chi connectivity index (χ0n) is 22.8. The molecule has 0 aliphatic heterocycles. The molecule has 0 aliphatic rings. The smallest absolute Gasteiger partial charge is 0.354 e. The number of alkyl halides is 3. The number of amides is 2. The van der Waals surface area contributed by atoms with Gasteiger partial charge in [-0.05, 0) is 56.2 Å². The van der Waals surface area contributed by atoms with E-state index < -0.39 is 56.9 Å². The lowest BCUT2D eigenvalue weighted by Gasteiger charge is -2.32. The molecule has 0 bridgehead atoms. The van der Waals surface area contributed by atoms with Gasteiger partial charge in [0, 0.05) is 13.1 Å². The number of aryl methyl sites for hydroxylation is 1. The first-order valence-electron chi connectivity index (χ1n) is 12.8. The molecule has 0 radical (unpaired) electrons. The Labute approximate surface area is 243 Å². The summed E-state index contributed by atoms with van der Waals surface area (Å²) < 4.78 is 69.2. The SMILES string of the molecule is CCCNC(=O)[C@H](C)N(Cc1cccc(C)c1)C(=O)CN(c1ccc(Cl)c(C(F)(F)F)c1)S(=O)(=O)c1ccccc1. The second kappa shape index (κ2) is 13.4. The van der Waals surface area contributed by atoms with Crippen molar-refractivity contribution in [1.29, 1.82) is 0 Å². The first-order chi connectivity index (χ1) is 19.3. The summed E-state index contributed by atoms with van der Waals surface area (Å²) in [6.45, 7) is 4.71. The van der Waals surface area contributed by atoms with Crippen molar-refractivity contribution in [3.8, 4) is 0 Å². The fourth-order valence-electron chi connectivity index (χ4n) is 4.12. The van der Waals surface area contributed by atoms with E-state index in [0.717, 1.165) is 17.7 Å². The number of nitrogens with one attached hydrogen (secondary N) is 1. The van der Waals surface area contributed by atoms with Gasteiger partial charge in [0.1, 0.15) is 12.6 Å². The highest BCUT2D eigenvalue weighted by Gasteiger charge is 2.36. The summed E-state index contributed by atoms with van der Waals surface area (Å²) in [5, 5.41) is 2.11. The topological polar surface area (TPSA) is 86.8 Å². The summed E-state index contributed by atoms with van der Waals surface area (Å²) in [5.74, 6) is -1.23. The van der Waals surface area contributed by atoms with E-state index >= 15 is 0 Å². The molecule has 0 fully saturated rings. The van der Waals surface area contributed by atoms with E-state index in [1.807, 2.05) is 26.0 Å². The van der Waals surface area contributed by atoms with Crippen LogP contribution in [-0.4, -0.2) is 44.3 Å². The number of hydrogen-bond donors (Lipinski definition) is 1. The van der Waals surface area contributed by atoms with Gasteiger partial charge in [-0.15, -0.1) is 0 Å². The van der Waals surface area contributed by atoms with E-state index in [9.17, 15) is 31.2 Å². The lowest BCUT2D eigenvalue weighted by atomic mass is 10.1. The average Bonchev–Trinajstić information content (AvgIpc) is 2.93. The van der Waals surface area contributed by atoms with Gasteiger partial charge in [0.2, 0.25) is 11.8 Å². The Morgan fingerprint density at radius 2 is 1.68 bits per heavy atom. The lowest BCUT2D eigenvalue weighted by molar-refractivity contribution is -0.139. The average molecular weight is 610 g/mol. The quantitative estimate of drug-likeness (QED) is 0.297. The van der Waals surface area contributed by atoms with Crippen molar-refractivity contribution in [1.82, 2.24) is 10.2 Å². The molecule has 2 amide bonds. The molecular weight excluding hydrogens is 579 g/mol. The van der Waals surface area contributed by atoms with Crippen LogP contribution in [0.3, 0.4) is 0 Å². The molecule has 1 atom stereocenters. The van der Waals surface area contributed by atoms with Gasteiger partial charge in [-0.2, -0.15) is 13.2 Å². The maximum absolute atomic E-state index is 13.9. The minimum Gasteiger partial charge on any atom is -0.354 e. The molecule has 0 aliphatic carbocycles. The van der Waals surface area contributed by atoms with Gasteiger partial charge < -0.3 is 10.2 Å². The minimum absolute atomic E-state index is 0.0329. The van der Waals surface area contributed by atoms with Crippen LogP contribution in [0.4, 0.5) is 18.9 Å². The van der Waals surface area contributed by atoms with E-state index in [1.165, 1.54) is 36.1 Å². The van der Waals surface area contributed by atoms with Gasteiger partial charge in [0.15, 0.2) is 0 Å². The number of halogens is 4. The van der Waals surface area contributed by atoms with Crippen molar-refractivity contribution in [3.63, 3.8) is 0 Å². The molecule has 1 N–H and O–H groups in total. The van der Waals surface area contributed by atoms with Crippen LogP contribution in [0.5, 0.6) is 0 Å². The highest BCUT2D eigenvalue weighted by molar-refractivity contribution is 7.92. The number of sulfonamides is 1. The first-order valence-corrected chi connectivity index (χ1v) is 14.6. The standard InChI is InChI=1S/C29H31ClF3N3O4S/c1-4-15-34-28(38)21(3)35(18-22-10-8-9-20(2)16-22)27(37)19-36(41(39,40)24-11-6-5-7-12-24)23-13-14-26(30)25(17-23)29(31,32)33/h5-14,16-17,21H,4,15,18-19H2,1-3H3,(H,34,38)/t21-/m0/s1. The molecule has 0 unspecified atom stereocenters. The van der Waals surface area contributed by atoms with Crippen LogP contribution in [0.25, 0.3) is 0 Å². The summed E-state index contributed by atoms with van der Waals surface area (Å²) in [6.07, 6.45) is -4.21. The van der Waals surface area contributed by atoms with Crippen LogP contribution in [0, 0.1) is 6.92 Å². The number of rotatable bonds is 11.